The maximum atomic E-state index is 4.52. The summed E-state index contributed by atoms with van der Waals surface area (Å²) < 4.78 is 0. The van der Waals surface area contributed by atoms with Gasteiger partial charge < -0.3 is 5.32 Å². The molecule has 94 valence electrons. The molecule has 3 rings (SSSR count). The number of aromatic nitrogens is 1. The van der Waals surface area contributed by atoms with Gasteiger partial charge in [0.05, 0.1) is 6.04 Å². The Morgan fingerprint density at radius 3 is 2.61 bits per heavy atom. The zero-order chi connectivity index (χ0) is 12.2. The third-order valence-corrected chi connectivity index (χ3v) is 4.15. The largest absolute Gasteiger partial charge is 0.314 e. The third kappa shape index (κ3) is 2.46. The summed E-state index contributed by atoms with van der Waals surface area (Å²) >= 11 is 1.75. The summed E-state index contributed by atoms with van der Waals surface area (Å²) in [6.07, 6.45) is 1.90. The summed E-state index contributed by atoms with van der Waals surface area (Å²) in [4.78, 5) is 7.04. The van der Waals surface area contributed by atoms with E-state index in [9.17, 15) is 0 Å². The number of rotatable bonds is 3. The van der Waals surface area contributed by atoms with Crippen LogP contribution in [0.3, 0.4) is 0 Å². The van der Waals surface area contributed by atoms with Crippen molar-refractivity contribution in [2.24, 2.45) is 0 Å². The molecule has 1 aliphatic rings. The van der Waals surface area contributed by atoms with Crippen LogP contribution in [0.15, 0.2) is 41.9 Å². The number of thiazole rings is 1. The first-order chi connectivity index (χ1) is 8.95. The molecule has 2 aromatic rings. The molecular formula is C14H17N3S. The van der Waals surface area contributed by atoms with Crippen molar-refractivity contribution >= 4 is 11.3 Å². The van der Waals surface area contributed by atoms with Crippen molar-refractivity contribution in [3.05, 3.63) is 52.5 Å². The second kappa shape index (κ2) is 5.61. The van der Waals surface area contributed by atoms with E-state index in [0.29, 0.717) is 6.04 Å². The maximum absolute atomic E-state index is 4.52. The predicted molar refractivity (Wildman–Crippen MR) is 74.8 cm³/mol. The van der Waals surface area contributed by atoms with Crippen LogP contribution in [0.25, 0.3) is 0 Å². The van der Waals surface area contributed by atoms with E-state index in [4.69, 9.17) is 0 Å². The minimum atomic E-state index is 0.313. The second-order valence-corrected chi connectivity index (χ2v) is 5.40. The minimum Gasteiger partial charge on any atom is -0.314 e. The lowest BCUT2D eigenvalue weighted by atomic mass is 10.1. The predicted octanol–water partition coefficient (Wildman–Crippen LogP) is 2.14. The highest BCUT2D eigenvalue weighted by atomic mass is 32.1. The number of nitrogens with zero attached hydrogens (tertiary/aromatic N) is 2. The fraction of sp³-hybridized carbons (Fsp3) is 0.357. The van der Waals surface area contributed by atoms with Gasteiger partial charge in [0.25, 0.3) is 0 Å². The molecule has 2 heterocycles. The van der Waals surface area contributed by atoms with Gasteiger partial charge in [-0.3, -0.25) is 4.90 Å². The summed E-state index contributed by atoms with van der Waals surface area (Å²) in [5.74, 6) is 0. The highest BCUT2D eigenvalue weighted by Crippen LogP contribution is 2.29. The van der Waals surface area contributed by atoms with Gasteiger partial charge in [-0.05, 0) is 5.56 Å². The molecule has 0 radical (unpaired) electrons. The normalized spacial score (nSPS) is 18.7. The molecule has 0 amide bonds. The number of hydrogen-bond donors (Lipinski definition) is 1. The summed E-state index contributed by atoms with van der Waals surface area (Å²) in [5.41, 5.74) is 1.34. The van der Waals surface area contributed by atoms with Crippen LogP contribution in [0.4, 0.5) is 0 Å². The summed E-state index contributed by atoms with van der Waals surface area (Å²) in [6, 6.07) is 11.0. The topological polar surface area (TPSA) is 28.2 Å². The van der Waals surface area contributed by atoms with Crippen LogP contribution in [0.1, 0.15) is 16.6 Å². The highest BCUT2D eigenvalue weighted by Gasteiger charge is 2.25. The van der Waals surface area contributed by atoms with Crippen LogP contribution in [0.5, 0.6) is 0 Å². The molecule has 1 unspecified atom stereocenters. The van der Waals surface area contributed by atoms with E-state index in [-0.39, 0.29) is 0 Å². The smallest absolute Gasteiger partial charge is 0.114 e. The van der Waals surface area contributed by atoms with E-state index >= 15 is 0 Å². The molecule has 0 saturated carbocycles. The van der Waals surface area contributed by atoms with Crippen LogP contribution in [0, 0.1) is 0 Å². The maximum Gasteiger partial charge on any atom is 0.114 e. The SMILES string of the molecule is c1ccc(C(c2nccs2)N2CCNCC2)cc1. The van der Waals surface area contributed by atoms with Gasteiger partial charge in [-0.2, -0.15) is 0 Å². The van der Waals surface area contributed by atoms with Gasteiger partial charge in [0.2, 0.25) is 0 Å². The molecule has 0 spiro atoms. The van der Waals surface area contributed by atoms with Gasteiger partial charge in [0.1, 0.15) is 5.01 Å². The van der Waals surface area contributed by atoms with Crippen LogP contribution in [-0.2, 0) is 0 Å². The Labute approximate surface area is 111 Å². The molecule has 1 aromatic heterocycles. The number of nitrogens with one attached hydrogen (secondary N) is 1. The molecule has 0 bridgehead atoms. The van der Waals surface area contributed by atoms with E-state index in [2.05, 4.69) is 50.9 Å². The van der Waals surface area contributed by atoms with E-state index in [1.165, 1.54) is 10.6 Å². The Balaban J connectivity index is 1.93. The molecule has 0 aliphatic carbocycles. The Morgan fingerprint density at radius 2 is 1.94 bits per heavy atom. The molecule has 3 nitrogen and oxygen atoms in total. The van der Waals surface area contributed by atoms with Crippen molar-refractivity contribution in [3.8, 4) is 0 Å². The summed E-state index contributed by atoms with van der Waals surface area (Å²) in [5, 5.41) is 6.67. The van der Waals surface area contributed by atoms with Crippen molar-refractivity contribution < 1.29 is 0 Å². The van der Waals surface area contributed by atoms with Gasteiger partial charge in [-0.25, -0.2) is 4.98 Å². The molecule has 1 fully saturated rings. The number of benzene rings is 1. The lowest BCUT2D eigenvalue weighted by molar-refractivity contribution is 0.198. The van der Waals surface area contributed by atoms with Gasteiger partial charge in [0.15, 0.2) is 0 Å². The first-order valence-electron chi connectivity index (χ1n) is 6.34. The van der Waals surface area contributed by atoms with E-state index < -0.39 is 0 Å². The fourth-order valence-corrected chi connectivity index (χ4v) is 3.25. The van der Waals surface area contributed by atoms with Crippen LogP contribution in [0.2, 0.25) is 0 Å². The lowest BCUT2D eigenvalue weighted by Gasteiger charge is -2.34. The van der Waals surface area contributed by atoms with E-state index in [0.717, 1.165) is 26.2 Å². The summed E-state index contributed by atoms with van der Waals surface area (Å²) in [6.45, 7) is 4.29. The van der Waals surface area contributed by atoms with Gasteiger partial charge >= 0.3 is 0 Å². The second-order valence-electron chi connectivity index (χ2n) is 4.47. The molecule has 4 heteroatoms. The van der Waals surface area contributed by atoms with E-state index in [1.807, 2.05) is 6.20 Å². The minimum absolute atomic E-state index is 0.313. The molecule has 18 heavy (non-hydrogen) atoms. The molecular weight excluding hydrogens is 242 g/mol. The summed E-state index contributed by atoms with van der Waals surface area (Å²) in [7, 11) is 0. The number of piperazine rings is 1. The zero-order valence-electron chi connectivity index (χ0n) is 10.2. The van der Waals surface area contributed by atoms with E-state index in [1.54, 1.807) is 11.3 Å². The van der Waals surface area contributed by atoms with Gasteiger partial charge in [-0.15, -0.1) is 11.3 Å². The lowest BCUT2D eigenvalue weighted by Crippen LogP contribution is -2.45. The Bertz CT molecular complexity index is 463. The quantitative estimate of drug-likeness (QED) is 0.915. The zero-order valence-corrected chi connectivity index (χ0v) is 11.1. The monoisotopic (exact) mass is 259 g/mol. The fourth-order valence-electron chi connectivity index (χ4n) is 2.45. The van der Waals surface area contributed by atoms with Crippen molar-refractivity contribution in [2.45, 2.75) is 6.04 Å². The average Bonchev–Trinajstić information content (AvgIpc) is 2.95. The van der Waals surface area contributed by atoms with Gasteiger partial charge in [0, 0.05) is 37.8 Å². The molecule has 1 aromatic carbocycles. The average molecular weight is 259 g/mol. The highest BCUT2D eigenvalue weighted by molar-refractivity contribution is 7.09. The molecule has 1 atom stereocenters. The first-order valence-corrected chi connectivity index (χ1v) is 7.22. The number of hydrogen-bond acceptors (Lipinski definition) is 4. The molecule has 1 aliphatic heterocycles. The van der Waals surface area contributed by atoms with Crippen molar-refractivity contribution in [1.82, 2.24) is 15.2 Å². The Hall–Kier alpha value is -1.23. The first kappa shape index (κ1) is 11.8. The van der Waals surface area contributed by atoms with Crippen molar-refractivity contribution in [1.29, 1.82) is 0 Å². The van der Waals surface area contributed by atoms with Crippen LogP contribution < -0.4 is 5.32 Å². The third-order valence-electron chi connectivity index (χ3n) is 3.32. The van der Waals surface area contributed by atoms with Crippen LogP contribution >= 0.6 is 11.3 Å². The van der Waals surface area contributed by atoms with Gasteiger partial charge in [-0.1, -0.05) is 30.3 Å². The Kier molecular flexibility index (Phi) is 3.69. The Morgan fingerprint density at radius 1 is 1.17 bits per heavy atom. The molecule has 1 saturated heterocycles. The van der Waals surface area contributed by atoms with Crippen molar-refractivity contribution in [3.63, 3.8) is 0 Å². The molecule has 1 N–H and O–H groups in total. The standard InChI is InChI=1S/C14H17N3S/c1-2-4-12(5-3-1)13(14-16-8-11-18-14)17-9-6-15-7-10-17/h1-5,8,11,13,15H,6-7,9-10H2. The van der Waals surface area contributed by atoms with Crippen LogP contribution in [-0.4, -0.2) is 36.1 Å². The van der Waals surface area contributed by atoms with Crippen molar-refractivity contribution in [2.75, 3.05) is 26.2 Å².